The van der Waals surface area contributed by atoms with Gasteiger partial charge in [-0.3, -0.25) is 9.59 Å². The van der Waals surface area contributed by atoms with E-state index < -0.39 is 27.8 Å². The zero-order chi connectivity index (χ0) is 20.2. The van der Waals surface area contributed by atoms with Gasteiger partial charge in [0.15, 0.2) is 0 Å². The van der Waals surface area contributed by atoms with Gasteiger partial charge in [-0.25, -0.2) is 8.42 Å². The monoisotopic (exact) mass is 398 g/mol. The summed E-state index contributed by atoms with van der Waals surface area (Å²) in [5.41, 5.74) is 0.115. The van der Waals surface area contributed by atoms with Crippen LogP contribution in [-0.2, 0) is 14.8 Å². The molecule has 0 radical (unpaired) electrons. The largest absolute Gasteiger partial charge is 0.496 e. The van der Waals surface area contributed by atoms with Crippen LogP contribution in [0.5, 0.6) is 5.75 Å². The van der Waals surface area contributed by atoms with Crippen molar-refractivity contribution in [1.82, 2.24) is 9.62 Å². The predicted octanol–water partition coefficient (Wildman–Crippen LogP) is 1.71. The number of ether oxygens (including phenoxy) is 1. The van der Waals surface area contributed by atoms with Crippen LogP contribution >= 0.6 is 0 Å². The van der Waals surface area contributed by atoms with Crippen LogP contribution in [0.4, 0.5) is 0 Å². The number of amides is 1. The average molecular weight is 398 g/mol. The van der Waals surface area contributed by atoms with Gasteiger partial charge in [0.05, 0.1) is 23.5 Å². The number of hydrogen-bond donors (Lipinski definition) is 2. The SMILES string of the molecule is CCN(CC)S(=O)(=O)c1ccc(OC)c(C(=O)N[C@H]2CC[C@@H](C(=O)O)C2)c1. The Balaban J connectivity index is 2.27. The van der Waals surface area contributed by atoms with Gasteiger partial charge in [-0.05, 0) is 37.5 Å². The summed E-state index contributed by atoms with van der Waals surface area (Å²) in [6.07, 6.45) is 1.44. The highest BCUT2D eigenvalue weighted by molar-refractivity contribution is 7.89. The molecule has 8 nitrogen and oxygen atoms in total. The maximum atomic E-state index is 12.7. The summed E-state index contributed by atoms with van der Waals surface area (Å²) < 4.78 is 32.0. The summed E-state index contributed by atoms with van der Waals surface area (Å²) in [5, 5.41) is 11.9. The molecule has 0 saturated heterocycles. The maximum Gasteiger partial charge on any atom is 0.306 e. The number of rotatable bonds is 8. The van der Waals surface area contributed by atoms with Crippen molar-refractivity contribution in [3.8, 4) is 5.75 Å². The molecule has 1 saturated carbocycles. The zero-order valence-electron chi connectivity index (χ0n) is 15.8. The first-order valence-corrected chi connectivity index (χ1v) is 10.4. The van der Waals surface area contributed by atoms with Crippen molar-refractivity contribution in [3.63, 3.8) is 0 Å². The van der Waals surface area contributed by atoms with E-state index in [-0.39, 0.29) is 22.3 Å². The number of nitrogens with zero attached hydrogens (tertiary/aromatic N) is 1. The molecule has 2 rings (SSSR count). The van der Waals surface area contributed by atoms with Crippen molar-refractivity contribution in [2.75, 3.05) is 20.2 Å². The molecule has 0 aliphatic heterocycles. The fourth-order valence-electron chi connectivity index (χ4n) is 3.34. The van der Waals surface area contributed by atoms with Crippen molar-refractivity contribution in [3.05, 3.63) is 23.8 Å². The number of carboxylic acid groups (broad SMARTS) is 1. The molecule has 1 aliphatic rings. The first-order chi connectivity index (χ1) is 12.7. The third kappa shape index (κ3) is 4.59. The Kier molecular flexibility index (Phi) is 6.83. The van der Waals surface area contributed by atoms with E-state index in [9.17, 15) is 18.0 Å². The molecule has 1 fully saturated rings. The van der Waals surface area contributed by atoms with Crippen LogP contribution in [0.1, 0.15) is 43.5 Å². The van der Waals surface area contributed by atoms with Gasteiger partial charge in [0.1, 0.15) is 5.75 Å². The predicted molar refractivity (Wildman–Crippen MR) is 99.3 cm³/mol. The smallest absolute Gasteiger partial charge is 0.306 e. The molecule has 150 valence electrons. The Morgan fingerprint density at radius 1 is 1.26 bits per heavy atom. The number of carbonyl (C=O) groups is 2. The molecule has 0 heterocycles. The van der Waals surface area contributed by atoms with Gasteiger partial charge in [-0.1, -0.05) is 13.8 Å². The summed E-state index contributed by atoms with van der Waals surface area (Å²) in [5.74, 6) is -1.54. The lowest BCUT2D eigenvalue weighted by Gasteiger charge is -2.20. The van der Waals surface area contributed by atoms with Gasteiger partial charge in [-0.2, -0.15) is 4.31 Å². The van der Waals surface area contributed by atoms with Gasteiger partial charge in [-0.15, -0.1) is 0 Å². The van der Waals surface area contributed by atoms with E-state index in [4.69, 9.17) is 9.84 Å². The standard InChI is InChI=1S/C18H26N2O6S/c1-4-20(5-2)27(24,25)14-8-9-16(26-3)15(11-14)17(21)19-13-7-6-12(10-13)18(22)23/h8-9,11-13H,4-7,10H2,1-3H3,(H,19,21)(H,22,23)/t12-,13+/m1/s1. The highest BCUT2D eigenvalue weighted by Gasteiger charge is 2.31. The molecular weight excluding hydrogens is 372 g/mol. The number of nitrogens with one attached hydrogen (secondary N) is 1. The summed E-state index contributed by atoms with van der Waals surface area (Å²) in [7, 11) is -2.31. The highest BCUT2D eigenvalue weighted by Crippen LogP contribution is 2.28. The van der Waals surface area contributed by atoms with Gasteiger partial charge in [0.2, 0.25) is 10.0 Å². The molecule has 0 aromatic heterocycles. The Morgan fingerprint density at radius 2 is 1.93 bits per heavy atom. The van der Waals surface area contributed by atoms with Crippen LogP contribution < -0.4 is 10.1 Å². The number of carbonyl (C=O) groups excluding carboxylic acids is 1. The molecule has 1 aromatic carbocycles. The van der Waals surface area contributed by atoms with Crippen LogP contribution in [0.3, 0.4) is 0 Å². The minimum absolute atomic E-state index is 0.0204. The lowest BCUT2D eigenvalue weighted by molar-refractivity contribution is -0.141. The van der Waals surface area contributed by atoms with Crippen molar-refractivity contribution >= 4 is 21.9 Å². The Bertz CT molecular complexity index is 804. The van der Waals surface area contributed by atoms with Crippen LogP contribution in [0.25, 0.3) is 0 Å². The summed E-state index contributed by atoms with van der Waals surface area (Å²) in [6.45, 7) is 4.14. The second kappa shape index (κ2) is 8.71. The highest BCUT2D eigenvalue weighted by atomic mass is 32.2. The van der Waals surface area contributed by atoms with E-state index in [0.717, 1.165) is 0 Å². The van der Waals surface area contributed by atoms with Crippen LogP contribution in [0, 0.1) is 5.92 Å². The van der Waals surface area contributed by atoms with Crippen LogP contribution in [-0.4, -0.2) is 55.9 Å². The molecule has 0 unspecified atom stereocenters. The fourth-order valence-corrected chi connectivity index (χ4v) is 4.82. The lowest BCUT2D eigenvalue weighted by Crippen LogP contribution is -2.34. The zero-order valence-corrected chi connectivity index (χ0v) is 16.6. The van der Waals surface area contributed by atoms with Crippen molar-refractivity contribution in [2.45, 2.75) is 44.0 Å². The first kappa shape index (κ1) is 21.2. The molecule has 2 N–H and O–H groups in total. The minimum Gasteiger partial charge on any atom is -0.496 e. The van der Waals surface area contributed by atoms with Gasteiger partial charge in [0, 0.05) is 19.1 Å². The number of methoxy groups -OCH3 is 1. The minimum atomic E-state index is -3.71. The summed E-state index contributed by atoms with van der Waals surface area (Å²) in [4.78, 5) is 23.8. The Hall–Kier alpha value is -2.13. The molecule has 27 heavy (non-hydrogen) atoms. The number of benzene rings is 1. The lowest BCUT2D eigenvalue weighted by atomic mass is 10.1. The summed E-state index contributed by atoms with van der Waals surface area (Å²) >= 11 is 0. The normalized spacial score (nSPS) is 19.9. The fraction of sp³-hybridized carbons (Fsp3) is 0.556. The molecule has 9 heteroatoms. The van der Waals surface area contributed by atoms with Gasteiger partial charge in [0.25, 0.3) is 5.91 Å². The number of carboxylic acids is 1. The number of aliphatic carboxylic acids is 1. The second-order valence-electron chi connectivity index (χ2n) is 6.47. The molecular formula is C18H26N2O6S. The van der Waals surface area contributed by atoms with Crippen LogP contribution in [0.15, 0.2) is 23.1 Å². The van der Waals surface area contributed by atoms with E-state index in [1.54, 1.807) is 13.8 Å². The molecule has 0 bridgehead atoms. The maximum absolute atomic E-state index is 12.7. The molecule has 1 aliphatic carbocycles. The quantitative estimate of drug-likeness (QED) is 0.689. The topological polar surface area (TPSA) is 113 Å². The average Bonchev–Trinajstić information content (AvgIpc) is 3.10. The Morgan fingerprint density at radius 3 is 2.44 bits per heavy atom. The van der Waals surface area contributed by atoms with E-state index in [2.05, 4.69) is 5.32 Å². The molecule has 1 amide bonds. The molecule has 0 spiro atoms. The number of sulfonamides is 1. The summed E-state index contributed by atoms with van der Waals surface area (Å²) in [6, 6.07) is 3.93. The number of hydrogen-bond acceptors (Lipinski definition) is 5. The first-order valence-electron chi connectivity index (χ1n) is 8.96. The van der Waals surface area contributed by atoms with Crippen molar-refractivity contribution < 1.29 is 27.9 Å². The van der Waals surface area contributed by atoms with E-state index >= 15 is 0 Å². The van der Waals surface area contributed by atoms with Crippen molar-refractivity contribution in [1.29, 1.82) is 0 Å². The second-order valence-corrected chi connectivity index (χ2v) is 8.41. The van der Waals surface area contributed by atoms with Crippen LogP contribution in [0.2, 0.25) is 0 Å². The van der Waals surface area contributed by atoms with E-state index in [1.807, 2.05) is 0 Å². The third-order valence-electron chi connectivity index (χ3n) is 4.88. The van der Waals surface area contributed by atoms with Crippen molar-refractivity contribution in [2.24, 2.45) is 5.92 Å². The third-order valence-corrected chi connectivity index (χ3v) is 6.92. The molecule has 1 aromatic rings. The van der Waals surface area contributed by atoms with Gasteiger partial charge < -0.3 is 15.2 Å². The van der Waals surface area contributed by atoms with E-state index in [0.29, 0.717) is 32.4 Å². The Labute approximate surface area is 159 Å². The molecule has 2 atom stereocenters. The van der Waals surface area contributed by atoms with Gasteiger partial charge >= 0.3 is 5.97 Å². The van der Waals surface area contributed by atoms with E-state index in [1.165, 1.54) is 29.6 Å².